The van der Waals surface area contributed by atoms with Gasteiger partial charge >= 0.3 is 0 Å². The highest BCUT2D eigenvalue weighted by Gasteiger charge is 2.14. The number of amides is 1. The Morgan fingerprint density at radius 1 is 1.39 bits per heavy atom. The van der Waals surface area contributed by atoms with E-state index in [-0.39, 0.29) is 17.6 Å². The predicted octanol–water partition coefficient (Wildman–Crippen LogP) is 1.57. The predicted molar refractivity (Wildman–Crippen MR) is 63.2 cm³/mol. The summed E-state index contributed by atoms with van der Waals surface area (Å²) in [5.41, 5.74) is 1.14. The molecule has 6 heteroatoms. The maximum absolute atomic E-state index is 11.7. The number of ether oxygens (including phenoxy) is 1. The molecule has 2 aromatic rings. The van der Waals surface area contributed by atoms with Gasteiger partial charge in [0.25, 0.3) is 5.91 Å². The molecule has 0 radical (unpaired) electrons. The Balaban J connectivity index is 2.02. The number of nitrogens with one attached hydrogen (secondary N) is 1. The molecule has 1 amide bonds. The van der Waals surface area contributed by atoms with Gasteiger partial charge in [-0.15, -0.1) is 0 Å². The van der Waals surface area contributed by atoms with Gasteiger partial charge in [-0.1, -0.05) is 17.3 Å². The fourth-order valence-corrected chi connectivity index (χ4v) is 1.51. The number of hydrogen-bond donors (Lipinski definition) is 1. The van der Waals surface area contributed by atoms with Gasteiger partial charge < -0.3 is 10.1 Å². The Labute approximate surface area is 104 Å². The molecule has 1 unspecified atom stereocenters. The number of methoxy groups -OCH3 is 1. The molecule has 0 fully saturated rings. The lowest BCUT2D eigenvalue weighted by molar-refractivity contribution is 0.0930. The second-order valence-electron chi connectivity index (χ2n) is 3.76. The van der Waals surface area contributed by atoms with Gasteiger partial charge in [-0.3, -0.25) is 4.79 Å². The van der Waals surface area contributed by atoms with Crippen molar-refractivity contribution >= 4 is 5.91 Å². The zero-order valence-electron chi connectivity index (χ0n) is 10.1. The minimum Gasteiger partial charge on any atom is -0.497 e. The molecule has 0 bridgehead atoms. The fourth-order valence-electron chi connectivity index (χ4n) is 1.51. The first kappa shape index (κ1) is 12.1. The van der Waals surface area contributed by atoms with E-state index in [0.29, 0.717) is 0 Å². The Morgan fingerprint density at radius 3 is 2.67 bits per heavy atom. The first-order valence-corrected chi connectivity index (χ1v) is 5.43. The van der Waals surface area contributed by atoms with Gasteiger partial charge in [-0.2, -0.15) is 0 Å². The lowest BCUT2D eigenvalue weighted by Gasteiger charge is -2.13. The van der Waals surface area contributed by atoms with Gasteiger partial charge in [0.2, 0.25) is 0 Å². The normalized spacial score (nSPS) is 11.9. The SMILES string of the molecule is COc1ccc(C(C)NC(=O)c2cnon2)cc1. The molecule has 6 nitrogen and oxygen atoms in total. The van der Waals surface area contributed by atoms with Gasteiger partial charge in [-0.05, 0) is 29.8 Å². The summed E-state index contributed by atoms with van der Waals surface area (Å²) in [5, 5.41) is 9.65. The van der Waals surface area contributed by atoms with Crippen LogP contribution >= 0.6 is 0 Å². The molecule has 0 aliphatic heterocycles. The van der Waals surface area contributed by atoms with E-state index >= 15 is 0 Å². The molecule has 0 spiro atoms. The molecule has 0 aliphatic rings. The maximum Gasteiger partial charge on any atom is 0.275 e. The second-order valence-corrected chi connectivity index (χ2v) is 3.76. The summed E-state index contributed by atoms with van der Waals surface area (Å²) in [5.74, 6) is 0.456. The molecule has 0 saturated heterocycles. The molecule has 1 atom stereocenters. The summed E-state index contributed by atoms with van der Waals surface area (Å²) in [6, 6.07) is 7.33. The van der Waals surface area contributed by atoms with Crippen molar-refractivity contribution < 1.29 is 14.2 Å². The van der Waals surface area contributed by atoms with Crippen molar-refractivity contribution in [1.29, 1.82) is 0 Å². The van der Waals surface area contributed by atoms with Gasteiger partial charge in [-0.25, -0.2) is 4.63 Å². The van der Waals surface area contributed by atoms with Crippen molar-refractivity contribution in [3.05, 3.63) is 41.7 Å². The quantitative estimate of drug-likeness (QED) is 0.887. The first-order valence-electron chi connectivity index (χ1n) is 5.43. The van der Waals surface area contributed by atoms with Gasteiger partial charge in [0.1, 0.15) is 11.9 Å². The third-order valence-corrected chi connectivity index (χ3v) is 2.56. The number of aromatic nitrogens is 2. The zero-order valence-corrected chi connectivity index (χ0v) is 10.1. The van der Waals surface area contributed by atoms with Crippen LogP contribution in [0.25, 0.3) is 0 Å². The minimum atomic E-state index is -0.320. The van der Waals surface area contributed by atoms with Gasteiger partial charge in [0, 0.05) is 0 Å². The Hall–Kier alpha value is -2.37. The van der Waals surface area contributed by atoms with Gasteiger partial charge in [0.15, 0.2) is 5.69 Å². The second kappa shape index (κ2) is 5.31. The van der Waals surface area contributed by atoms with E-state index in [1.165, 1.54) is 6.20 Å². The summed E-state index contributed by atoms with van der Waals surface area (Å²) < 4.78 is 9.45. The molecule has 18 heavy (non-hydrogen) atoms. The molecule has 94 valence electrons. The average Bonchev–Trinajstić information content (AvgIpc) is 2.92. The van der Waals surface area contributed by atoms with Crippen molar-refractivity contribution in [3.8, 4) is 5.75 Å². The van der Waals surface area contributed by atoms with E-state index in [1.807, 2.05) is 31.2 Å². The Kier molecular flexibility index (Phi) is 3.57. The summed E-state index contributed by atoms with van der Waals surface area (Å²) in [6.07, 6.45) is 1.27. The van der Waals surface area contributed by atoms with Crippen LogP contribution in [0.5, 0.6) is 5.75 Å². The molecular weight excluding hydrogens is 234 g/mol. The molecule has 1 N–H and O–H groups in total. The van der Waals surface area contributed by atoms with Crippen LogP contribution in [-0.4, -0.2) is 23.3 Å². The lowest BCUT2D eigenvalue weighted by Crippen LogP contribution is -2.26. The summed E-state index contributed by atoms with van der Waals surface area (Å²) in [4.78, 5) is 11.7. The van der Waals surface area contributed by atoms with Crippen LogP contribution in [0.15, 0.2) is 35.1 Å². The molecule has 1 aromatic heterocycles. The first-order chi connectivity index (χ1) is 8.70. The minimum absolute atomic E-state index is 0.139. The summed E-state index contributed by atoms with van der Waals surface area (Å²) in [7, 11) is 1.61. The number of benzene rings is 1. The molecule has 1 heterocycles. The standard InChI is InChI=1S/C12H13N3O3/c1-8(9-3-5-10(17-2)6-4-9)14-12(16)11-7-13-18-15-11/h3-8H,1-2H3,(H,14,16). The number of rotatable bonds is 4. The van der Waals surface area contributed by atoms with Crippen LogP contribution in [0.2, 0.25) is 0 Å². The van der Waals surface area contributed by atoms with Crippen LogP contribution in [0, 0.1) is 0 Å². The molecule has 2 rings (SSSR count). The highest BCUT2D eigenvalue weighted by molar-refractivity contribution is 5.91. The topological polar surface area (TPSA) is 77.2 Å². The average molecular weight is 247 g/mol. The summed E-state index contributed by atoms with van der Waals surface area (Å²) >= 11 is 0. The number of carbonyl (C=O) groups is 1. The van der Waals surface area contributed by atoms with Crippen molar-refractivity contribution in [2.75, 3.05) is 7.11 Å². The van der Waals surface area contributed by atoms with Crippen molar-refractivity contribution in [3.63, 3.8) is 0 Å². The number of nitrogens with zero attached hydrogens (tertiary/aromatic N) is 2. The highest BCUT2D eigenvalue weighted by atomic mass is 16.6. The maximum atomic E-state index is 11.7. The third-order valence-electron chi connectivity index (χ3n) is 2.56. The van der Waals surface area contributed by atoms with Crippen LogP contribution < -0.4 is 10.1 Å². The van der Waals surface area contributed by atoms with E-state index in [1.54, 1.807) is 7.11 Å². The molecule has 1 aromatic carbocycles. The molecular formula is C12H13N3O3. The Morgan fingerprint density at radius 2 is 2.11 bits per heavy atom. The fraction of sp³-hybridized carbons (Fsp3) is 0.250. The van der Waals surface area contributed by atoms with Crippen molar-refractivity contribution in [2.24, 2.45) is 0 Å². The van der Waals surface area contributed by atoms with E-state index in [2.05, 4.69) is 20.3 Å². The van der Waals surface area contributed by atoms with Crippen LogP contribution in [-0.2, 0) is 0 Å². The summed E-state index contributed by atoms with van der Waals surface area (Å²) in [6.45, 7) is 1.88. The van der Waals surface area contributed by atoms with E-state index in [4.69, 9.17) is 4.74 Å². The lowest BCUT2D eigenvalue weighted by atomic mass is 10.1. The van der Waals surface area contributed by atoms with E-state index < -0.39 is 0 Å². The number of carbonyl (C=O) groups excluding carboxylic acids is 1. The zero-order chi connectivity index (χ0) is 13.0. The third kappa shape index (κ3) is 2.65. The number of hydrogen-bond acceptors (Lipinski definition) is 5. The largest absolute Gasteiger partial charge is 0.497 e. The van der Waals surface area contributed by atoms with Gasteiger partial charge in [0.05, 0.1) is 13.2 Å². The molecule has 0 aliphatic carbocycles. The molecule has 0 saturated carbocycles. The smallest absolute Gasteiger partial charge is 0.275 e. The van der Waals surface area contributed by atoms with Crippen LogP contribution in [0.4, 0.5) is 0 Å². The van der Waals surface area contributed by atoms with E-state index in [0.717, 1.165) is 11.3 Å². The van der Waals surface area contributed by atoms with Crippen LogP contribution in [0.3, 0.4) is 0 Å². The van der Waals surface area contributed by atoms with Crippen molar-refractivity contribution in [1.82, 2.24) is 15.6 Å². The Bertz CT molecular complexity index is 508. The highest BCUT2D eigenvalue weighted by Crippen LogP contribution is 2.17. The van der Waals surface area contributed by atoms with Crippen molar-refractivity contribution in [2.45, 2.75) is 13.0 Å². The van der Waals surface area contributed by atoms with Crippen LogP contribution in [0.1, 0.15) is 29.0 Å². The van der Waals surface area contributed by atoms with E-state index in [9.17, 15) is 4.79 Å². The monoisotopic (exact) mass is 247 g/mol.